The third kappa shape index (κ3) is 3.21. The minimum atomic E-state index is 0.482. The van der Waals surface area contributed by atoms with Crippen molar-refractivity contribution in [2.75, 3.05) is 19.6 Å². The van der Waals surface area contributed by atoms with Crippen LogP contribution in [0.1, 0.15) is 51.9 Å². The Morgan fingerprint density at radius 3 is 2.69 bits per heavy atom. The van der Waals surface area contributed by atoms with Gasteiger partial charge in [-0.05, 0) is 44.1 Å². The van der Waals surface area contributed by atoms with E-state index in [0.29, 0.717) is 6.04 Å². The van der Waals surface area contributed by atoms with E-state index < -0.39 is 0 Å². The molecule has 3 unspecified atom stereocenters. The van der Waals surface area contributed by atoms with Gasteiger partial charge in [0.15, 0.2) is 0 Å². The van der Waals surface area contributed by atoms with Crippen LogP contribution in [0.3, 0.4) is 0 Å². The van der Waals surface area contributed by atoms with Crippen molar-refractivity contribution in [1.82, 2.24) is 4.90 Å². The van der Waals surface area contributed by atoms with E-state index in [-0.39, 0.29) is 0 Å². The minimum Gasteiger partial charge on any atom is -0.327 e. The quantitative estimate of drug-likeness (QED) is 0.798. The predicted octanol–water partition coefficient (Wildman–Crippen LogP) is 2.63. The van der Waals surface area contributed by atoms with E-state index in [4.69, 9.17) is 5.73 Å². The Kier molecular flexibility index (Phi) is 4.66. The van der Waals surface area contributed by atoms with Crippen LogP contribution in [0, 0.1) is 11.8 Å². The zero-order chi connectivity index (χ0) is 11.4. The summed E-state index contributed by atoms with van der Waals surface area (Å²) in [6.45, 7) is 6.26. The molecule has 0 aromatic rings. The summed E-state index contributed by atoms with van der Waals surface area (Å²) in [5, 5.41) is 0. The summed E-state index contributed by atoms with van der Waals surface area (Å²) in [7, 11) is 0. The van der Waals surface area contributed by atoms with Crippen molar-refractivity contribution in [3.05, 3.63) is 0 Å². The lowest BCUT2D eigenvalue weighted by molar-refractivity contribution is 0.127. The Morgan fingerprint density at radius 1 is 1.12 bits per heavy atom. The van der Waals surface area contributed by atoms with Crippen LogP contribution in [0.15, 0.2) is 0 Å². The Hall–Kier alpha value is -0.0800. The molecule has 0 bridgehead atoms. The number of hydrogen-bond donors (Lipinski definition) is 1. The summed E-state index contributed by atoms with van der Waals surface area (Å²) in [5.74, 6) is 1.73. The second kappa shape index (κ2) is 6.02. The average Bonchev–Trinajstić information content (AvgIpc) is 2.32. The number of likely N-dealkylation sites (tertiary alicyclic amines) is 1. The van der Waals surface area contributed by atoms with Crippen LogP contribution >= 0.6 is 0 Å². The summed E-state index contributed by atoms with van der Waals surface area (Å²) in [4.78, 5) is 2.69. The van der Waals surface area contributed by atoms with Crippen LogP contribution in [-0.2, 0) is 0 Å². The van der Waals surface area contributed by atoms with E-state index in [1.54, 1.807) is 0 Å². The molecule has 94 valence electrons. The van der Waals surface area contributed by atoms with Gasteiger partial charge in [0.1, 0.15) is 0 Å². The molecule has 1 saturated carbocycles. The number of piperidine rings is 1. The van der Waals surface area contributed by atoms with Gasteiger partial charge in [0, 0.05) is 19.1 Å². The van der Waals surface area contributed by atoms with Gasteiger partial charge in [-0.25, -0.2) is 0 Å². The maximum absolute atomic E-state index is 6.24. The average molecular weight is 224 g/mol. The molecule has 2 N–H and O–H groups in total. The first kappa shape index (κ1) is 12.4. The highest BCUT2D eigenvalue weighted by molar-refractivity contribution is 4.82. The second-order valence-electron chi connectivity index (χ2n) is 5.88. The number of hydrogen-bond acceptors (Lipinski definition) is 2. The predicted molar refractivity (Wildman–Crippen MR) is 69.4 cm³/mol. The largest absolute Gasteiger partial charge is 0.327 e. The van der Waals surface area contributed by atoms with Gasteiger partial charge in [0.25, 0.3) is 0 Å². The van der Waals surface area contributed by atoms with Crippen molar-refractivity contribution in [3.63, 3.8) is 0 Å². The lowest BCUT2D eigenvalue weighted by Gasteiger charge is -2.37. The standard InChI is InChI=1S/C14H28N2/c1-2-12-6-5-9-16(10-12)11-13-7-3-4-8-14(13)15/h12-14H,2-11,15H2,1H3. The molecule has 3 atom stereocenters. The third-order valence-electron chi connectivity index (χ3n) is 4.64. The Bertz CT molecular complexity index is 205. The highest BCUT2D eigenvalue weighted by Crippen LogP contribution is 2.26. The van der Waals surface area contributed by atoms with E-state index >= 15 is 0 Å². The molecule has 2 nitrogen and oxygen atoms in total. The molecular weight excluding hydrogens is 196 g/mol. The molecule has 0 aromatic carbocycles. The number of nitrogens with two attached hydrogens (primary N) is 1. The van der Waals surface area contributed by atoms with Gasteiger partial charge < -0.3 is 10.6 Å². The van der Waals surface area contributed by atoms with Crippen molar-refractivity contribution in [1.29, 1.82) is 0 Å². The lowest BCUT2D eigenvalue weighted by atomic mass is 9.84. The molecule has 0 spiro atoms. The molecule has 2 heteroatoms. The SMILES string of the molecule is CCC1CCCN(CC2CCCCC2N)C1. The molecule has 2 fully saturated rings. The van der Waals surface area contributed by atoms with Crippen LogP contribution in [-0.4, -0.2) is 30.6 Å². The molecule has 2 aliphatic rings. The van der Waals surface area contributed by atoms with E-state index in [9.17, 15) is 0 Å². The van der Waals surface area contributed by atoms with Crippen molar-refractivity contribution < 1.29 is 0 Å². The first-order valence-corrected chi connectivity index (χ1v) is 7.27. The van der Waals surface area contributed by atoms with Gasteiger partial charge in [0.05, 0.1) is 0 Å². The van der Waals surface area contributed by atoms with Gasteiger partial charge in [-0.3, -0.25) is 0 Å². The molecule has 1 saturated heterocycles. The van der Waals surface area contributed by atoms with Gasteiger partial charge in [-0.2, -0.15) is 0 Å². The number of nitrogens with zero attached hydrogens (tertiary/aromatic N) is 1. The Morgan fingerprint density at radius 2 is 1.94 bits per heavy atom. The van der Waals surface area contributed by atoms with E-state index in [0.717, 1.165) is 11.8 Å². The normalized spacial score (nSPS) is 37.5. The maximum atomic E-state index is 6.24. The lowest BCUT2D eigenvalue weighted by Crippen LogP contribution is -2.44. The third-order valence-corrected chi connectivity index (χ3v) is 4.64. The number of rotatable bonds is 3. The van der Waals surface area contributed by atoms with Crippen LogP contribution < -0.4 is 5.73 Å². The zero-order valence-corrected chi connectivity index (χ0v) is 10.8. The summed E-state index contributed by atoms with van der Waals surface area (Å²) >= 11 is 0. The molecule has 0 aromatic heterocycles. The monoisotopic (exact) mass is 224 g/mol. The maximum Gasteiger partial charge on any atom is 0.00793 e. The fourth-order valence-electron chi connectivity index (χ4n) is 3.45. The summed E-state index contributed by atoms with van der Waals surface area (Å²) in [5.41, 5.74) is 6.24. The van der Waals surface area contributed by atoms with Crippen molar-refractivity contribution in [2.45, 2.75) is 57.9 Å². The van der Waals surface area contributed by atoms with E-state index in [2.05, 4.69) is 11.8 Å². The fourth-order valence-corrected chi connectivity index (χ4v) is 3.45. The molecular formula is C14H28N2. The summed E-state index contributed by atoms with van der Waals surface area (Å²) in [6, 6.07) is 0.482. The van der Waals surface area contributed by atoms with Crippen LogP contribution in [0.4, 0.5) is 0 Å². The topological polar surface area (TPSA) is 29.3 Å². The van der Waals surface area contributed by atoms with E-state index in [1.807, 2.05) is 0 Å². The Balaban J connectivity index is 1.79. The molecule has 16 heavy (non-hydrogen) atoms. The van der Waals surface area contributed by atoms with Crippen LogP contribution in [0.25, 0.3) is 0 Å². The van der Waals surface area contributed by atoms with Gasteiger partial charge >= 0.3 is 0 Å². The Labute approximate surface area is 101 Å². The van der Waals surface area contributed by atoms with Gasteiger partial charge in [-0.1, -0.05) is 26.2 Å². The van der Waals surface area contributed by atoms with Crippen LogP contribution in [0.5, 0.6) is 0 Å². The van der Waals surface area contributed by atoms with Crippen molar-refractivity contribution in [3.8, 4) is 0 Å². The first-order chi connectivity index (χ1) is 7.79. The van der Waals surface area contributed by atoms with E-state index in [1.165, 1.54) is 64.6 Å². The molecule has 2 rings (SSSR count). The zero-order valence-electron chi connectivity index (χ0n) is 10.8. The summed E-state index contributed by atoms with van der Waals surface area (Å²) in [6.07, 6.45) is 9.60. The molecule has 0 amide bonds. The smallest absolute Gasteiger partial charge is 0.00793 e. The van der Waals surface area contributed by atoms with Crippen molar-refractivity contribution in [2.24, 2.45) is 17.6 Å². The molecule has 0 radical (unpaired) electrons. The summed E-state index contributed by atoms with van der Waals surface area (Å²) < 4.78 is 0. The highest BCUT2D eigenvalue weighted by atomic mass is 15.1. The molecule has 1 aliphatic carbocycles. The molecule has 1 aliphatic heterocycles. The van der Waals surface area contributed by atoms with Gasteiger partial charge in [0.2, 0.25) is 0 Å². The molecule has 1 heterocycles. The fraction of sp³-hybridized carbons (Fsp3) is 1.00. The minimum absolute atomic E-state index is 0.482. The van der Waals surface area contributed by atoms with Gasteiger partial charge in [-0.15, -0.1) is 0 Å². The first-order valence-electron chi connectivity index (χ1n) is 7.27. The highest BCUT2D eigenvalue weighted by Gasteiger charge is 2.26. The van der Waals surface area contributed by atoms with Crippen LogP contribution in [0.2, 0.25) is 0 Å². The van der Waals surface area contributed by atoms with Crippen molar-refractivity contribution >= 4 is 0 Å². The second-order valence-corrected chi connectivity index (χ2v) is 5.88.